The van der Waals surface area contributed by atoms with Crippen LogP contribution in [0.15, 0.2) is 54.7 Å². The summed E-state index contributed by atoms with van der Waals surface area (Å²) < 4.78 is 0. The van der Waals surface area contributed by atoms with Crippen LogP contribution in [0.4, 0.5) is 11.5 Å². The minimum atomic E-state index is -0.107. The molecule has 0 bridgehead atoms. The van der Waals surface area contributed by atoms with E-state index in [0.717, 1.165) is 47.4 Å². The maximum absolute atomic E-state index is 13.0. The number of amides is 1. The van der Waals surface area contributed by atoms with E-state index in [2.05, 4.69) is 23.2 Å². The number of carbonyl (C=O) groups is 1. The zero-order chi connectivity index (χ0) is 18.6. The average molecular weight is 359 g/mol. The summed E-state index contributed by atoms with van der Waals surface area (Å²) in [5.41, 5.74) is 2.62. The number of pyridine rings is 1. The molecule has 1 fully saturated rings. The Labute approximate surface area is 160 Å². The topological polar surface area (TPSA) is 45.2 Å². The van der Waals surface area contributed by atoms with Gasteiger partial charge in [0.1, 0.15) is 5.82 Å². The van der Waals surface area contributed by atoms with Gasteiger partial charge in [0, 0.05) is 30.4 Å². The first-order chi connectivity index (χ1) is 13.3. The highest BCUT2D eigenvalue weighted by atomic mass is 16.1. The molecule has 138 valence electrons. The van der Waals surface area contributed by atoms with Gasteiger partial charge in [-0.15, -0.1) is 0 Å². The Morgan fingerprint density at radius 1 is 1.00 bits per heavy atom. The Bertz CT molecular complexity index is 961. The summed E-state index contributed by atoms with van der Waals surface area (Å²) in [5.74, 6) is 0.889. The van der Waals surface area contributed by atoms with Gasteiger partial charge in [0.05, 0.1) is 5.56 Å². The summed E-state index contributed by atoms with van der Waals surface area (Å²) in [6.45, 7) is 4.16. The number of nitrogens with zero attached hydrogens (tertiary/aromatic N) is 2. The molecular weight excluding hydrogens is 334 g/mol. The van der Waals surface area contributed by atoms with Crippen LogP contribution in [0, 0.1) is 0 Å². The molecule has 0 aliphatic carbocycles. The lowest BCUT2D eigenvalue weighted by atomic mass is 10.0. The number of aryl methyl sites for hydroxylation is 1. The first-order valence-corrected chi connectivity index (χ1v) is 9.80. The molecule has 0 spiro atoms. The van der Waals surface area contributed by atoms with Gasteiger partial charge in [-0.1, -0.05) is 49.4 Å². The van der Waals surface area contributed by atoms with Crippen LogP contribution in [-0.2, 0) is 6.42 Å². The zero-order valence-electron chi connectivity index (χ0n) is 15.7. The van der Waals surface area contributed by atoms with Crippen LogP contribution in [0.3, 0.4) is 0 Å². The number of hydrogen-bond donors (Lipinski definition) is 1. The fraction of sp³-hybridized carbons (Fsp3) is 0.304. The summed E-state index contributed by atoms with van der Waals surface area (Å²) in [6.07, 6.45) is 6.30. The molecule has 27 heavy (non-hydrogen) atoms. The lowest BCUT2D eigenvalue weighted by Gasteiger charge is -2.29. The molecule has 0 saturated carbocycles. The van der Waals surface area contributed by atoms with Crippen molar-refractivity contribution in [1.82, 2.24) is 4.98 Å². The monoisotopic (exact) mass is 359 g/mol. The minimum Gasteiger partial charge on any atom is -0.356 e. The third-order valence-corrected chi connectivity index (χ3v) is 5.32. The number of nitrogens with one attached hydrogen (secondary N) is 1. The molecule has 2 aromatic carbocycles. The number of hydrogen-bond acceptors (Lipinski definition) is 3. The maximum Gasteiger partial charge on any atom is 0.257 e. The first-order valence-electron chi connectivity index (χ1n) is 9.80. The van der Waals surface area contributed by atoms with E-state index in [1.165, 1.54) is 19.3 Å². The molecule has 4 rings (SSSR count). The molecular formula is C23H25N3O. The molecule has 4 heteroatoms. The van der Waals surface area contributed by atoms with Crippen molar-refractivity contribution in [2.24, 2.45) is 0 Å². The highest BCUT2D eigenvalue weighted by molar-refractivity contribution is 6.14. The quantitative estimate of drug-likeness (QED) is 0.710. The second-order valence-electron chi connectivity index (χ2n) is 7.05. The van der Waals surface area contributed by atoms with Gasteiger partial charge in [0.25, 0.3) is 5.91 Å². The van der Waals surface area contributed by atoms with Crippen molar-refractivity contribution in [3.63, 3.8) is 0 Å². The molecule has 0 unspecified atom stereocenters. The number of benzene rings is 2. The van der Waals surface area contributed by atoms with Gasteiger partial charge >= 0.3 is 0 Å². The highest BCUT2D eigenvalue weighted by Crippen LogP contribution is 2.29. The number of para-hydroxylation sites is 1. The molecule has 1 aromatic heterocycles. The Balaban J connectivity index is 1.71. The maximum atomic E-state index is 13.0. The number of rotatable bonds is 4. The number of piperidine rings is 1. The van der Waals surface area contributed by atoms with Crippen LogP contribution in [0.1, 0.15) is 42.1 Å². The van der Waals surface area contributed by atoms with E-state index in [9.17, 15) is 4.79 Å². The summed E-state index contributed by atoms with van der Waals surface area (Å²) in [5, 5.41) is 5.09. The van der Waals surface area contributed by atoms with Crippen LogP contribution in [-0.4, -0.2) is 24.0 Å². The van der Waals surface area contributed by atoms with Crippen LogP contribution >= 0.6 is 0 Å². The molecule has 1 saturated heterocycles. The Kier molecular flexibility index (Phi) is 5.05. The van der Waals surface area contributed by atoms with Crippen LogP contribution < -0.4 is 10.2 Å². The van der Waals surface area contributed by atoms with E-state index in [0.29, 0.717) is 5.56 Å². The van der Waals surface area contributed by atoms with Gasteiger partial charge in [0.15, 0.2) is 0 Å². The van der Waals surface area contributed by atoms with E-state index in [1.54, 1.807) is 6.20 Å². The standard InChI is InChI=1S/C23H25N3O/c1-2-17-10-4-7-13-21(17)25-23(27)20-16-24-22(26-14-8-3-9-15-26)19-12-6-5-11-18(19)20/h4-7,10-13,16H,2-3,8-9,14-15H2,1H3,(H,25,27). The third kappa shape index (κ3) is 3.52. The minimum absolute atomic E-state index is 0.107. The van der Waals surface area contributed by atoms with Crippen molar-refractivity contribution in [2.75, 3.05) is 23.3 Å². The van der Waals surface area contributed by atoms with Gasteiger partial charge in [-0.05, 0) is 42.7 Å². The van der Waals surface area contributed by atoms with E-state index < -0.39 is 0 Å². The van der Waals surface area contributed by atoms with Crippen LogP contribution in [0.2, 0.25) is 0 Å². The van der Waals surface area contributed by atoms with Crippen molar-refractivity contribution in [1.29, 1.82) is 0 Å². The Morgan fingerprint density at radius 2 is 1.70 bits per heavy atom. The number of aromatic nitrogens is 1. The largest absolute Gasteiger partial charge is 0.356 e. The Hall–Kier alpha value is -2.88. The smallest absolute Gasteiger partial charge is 0.257 e. The van der Waals surface area contributed by atoms with E-state index in [4.69, 9.17) is 4.98 Å². The normalized spacial score (nSPS) is 14.3. The van der Waals surface area contributed by atoms with Gasteiger partial charge in [-0.25, -0.2) is 4.98 Å². The highest BCUT2D eigenvalue weighted by Gasteiger charge is 2.19. The first kappa shape index (κ1) is 17.5. The van der Waals surface area contributed by atoms with Crippen molar-refractivity contribution in [3.05, 3.63) is 65.9 Å². The predicted octanol–water partition coefficient (Wildman–Crippen LogP) is 5.04. The molecule has 4 nitrogen and oxygen atoms in total. The Morgan fingerprint density at radius 3 is 2.48 bits per heavy atom. The SMILES string of the molecule is CCc1ccccc1NC(=O)c1cnc(N2CCCCC2)c2ccccc12. The van der Waals surface area contributed by atoms with Crippen molar-refractivity contribution < 1.29 is 4.79 Å². The molecule has 0 radical (unpaired) electrons. The molecule has 1 amide bonds. The van der Waals surface area contributed by atoms with E-state index in [1.807, 2.05) is 42.5 Å². The van der Waals surface area contributed by atoms with Crippen molar-refractivity contribution >= 4 is 28.2 Å². The summed E-state index contributed by atoms with van der Waals surface area (Å²) in [6, 6.07) is 16.0. The number of carbonyl (C=O) groups excluding carboxylic acids is 1. The molecule has 1 aliphatic heterocycles. The second kappa shape index (κ2) is 7.78. The summed E-state index contributed by atoms with van der Waals surface area (Å²) >= 11 is 0. The van der Waals surface area contributed by atoms with Crippen molar-refractivity contribution in [2.45, 2.75) is 32.6 Å². The van der Waals surface area contributed by atoms with Gasteiger partial charge < -0.3 is 10.2 Å². The number of anilines is 2. The van der Waals surface area contributed by atoms with Crippen molar-refractivity contribution in [3.8, 4) is 0 Å². The fourth-order valence-electron chi connectivity index (χ4n) is 3.86. The van der Waals surface area contributed by atoms with Crippen LogP contribution in [0.25, 0.3) is 10.8 Å². The van der Waals surface area contributed by atoms with E-state index >= 15 is 0 Å². The lowest BCUT2D eigenvalue weighted by Crippen LogP contribution is -2.30. The van der Waals surface area contributed by atoms with Gasteiger partial charge in [0.2, 0.25) is 0 Å². The van der Waals surface area contributed by atoms with E-state index in [-0.39, 0.29) is 5.91 Å². The fourth-order valence-corrected chi connectivity index (χ4v) is 3.86. The molecule has 1 aliphatic rings. The van der Waals surface area contributed by atoms with Gasteiger partial charge in [-0.3, -0.25) is 4.79 Å². The predicted molar refractivity (Wildman–Crippen MR) is 112 cm³/mol. The average Bonchev–Trinajstić information content (AvgIpc) is 2.74. The molecule has 1 N–H and O–H groups in total. The summed E-state index contributed by atoms with van der Waals surface area (Å²) in [7, 11) is 0. The lowest BCUT2D eigenvalue weighted by molar-refractivity contribution is 0.102. The zero-order valence-corrected chi connectivity index (χ0v) is 15.7. The molecule has 2 heterocycles. The third-order valence-electron chi connectivity index (χ3n) is 5.32. The number of fused-ring (bicyclic) bond motifs is 1. The van der Waals surface area contributed by atoms with Gasteiger partial charge in [-0.2, -0.15) is 0 Å². The second-order valence-corrected chi connectivity index (χ2v) is 7.05. The molecule has 0 atom stereocenters. The summed E-state index contributed by atoms with van der Waals surface area (Å²) in [4.78, 5) is 20.1. The van der Waals surface area contributed by atoms with Crippen LogP contribution in [0.5, 0.6) is 0 Å². The molecule has 3 aromatic rings.